The number of hydrogen-bond donors (Lipinski definition) is 5. The summed E-state index contributed by atoms with van der Waals surface area (Å²) in [6.45, 7) is 6.88. The van der Waals surface area contributed by atoms with E-state index in [4.69, 9.17) is 23.2 Å². The van der Waals surface area contributed by atoms with Gasteiger partial charge in [0, 0.05) is 61.4 Å². The zero-order chi connectivity index (χ0) is 31.2. The fourth-order valence-corrected chi connectivity index (χ4v) is 4.09. The minimum atomic E-state index is -4.72. The van der Waals surface area contributed by atoms with Gasteiger partial charge in [-0.05, 0) is 42.3 Å². The number of halogens is 4. The average molecular weight is 605 g/mol. The van der Waals surface area contributed by atoms with E-state index in [1.165, 1.54) is 48.7 Å². The highest BCUT2D eigenvalue weighted by Crippen LogP contribution is 2.38. The van der Waals surface area contributed by atoms with Gasteiger partial charge in [-0.1, -0.05) is 31.5 Å². The van der Waals surface area contributed by atoms with E-state index in [0.29, 0.717) is 23.2 Å². The number of carbonyl (C=O) groups excluding carboxylic acids is 2. The van der Waals surface area contributed by atoms with E-state index >= 15 is 0 Å². The van der Waals surface area contributed by atoms with Gasteiger partial charge in [-0.3, -0.25) is 19.9 Å². The molecule has 3 rings (SSSR count). The second-order valence-electron chi connectivity index (χ2n) is 9.78. The standard InChI is InChI=1S/C28H32ClF3N8O2/c1-15(2)36-13-20-9-21(11-22(25(20)29)28(30,31)32)39-26(42)18-6-5-16(3)24(10-18)40(34)14-23(33)19-7-8-35-27(37-12-19)38-17(4)41/h5-6,8-12,14-15,36H,7,13,33-34H2,1-4H3,(H,39,42)(H,37,38,41)/b23-14-. The number of guanidine groups is 1. The molecule has 0 atom stereocenters. The third-order valence-electron chi connectivity index (χ3n) is 5.97. The van der Waals surface area contributed by atoms with Crippen molar-refractivity contribution in [1.82, 2.24) is 10.6 Å². The van der Waals surface area contributed by atoms with Gasteiger partial charge in [-0.25, -0.2) is 15.8 Å². The molecule has 224 valence electrons. The molecule has 1 heterocycles. The Balaban J connectivity index is 1.86. The number of anilines is 2. The third-order valence-corrected chi connectivity index (χ3v) is 6.41. The number of amides is 2. The molecule has 0 saturated carbocycles. The van der Waals surface area contributed by atoms with Gasteiger partial charge in [-0.15, -0.1) is 0 Å². The number of carbonyl (C=O) groups is 2. The van der Waals surface area contributed by atoms with Gasteiger partial charge in [-0.2, -0.15) is 13.2 Å². The molecule has 0 aromatic heterocycles. The van der Waals surface area contributed by atoms with Gasteiger partial charge in [0.1, 0.15) is 0 Å². The summed E-state index contributed by atoms with van der Waals surface area (Å²) in [4.78, 5) is 32.5. The molecule has 2 aromatic rings. The van der Waals surface area contributed by atoms with Crippen molar-refractivity contribution in [1.29, 1.82) is 0 Å². The summed E-state index contributed by atoms with van der Waals surface area (Å²) in [6.07, 6.45) is 0.0338. The van der Waals surface area contributed by atoms with E-state index in [1.54, 1.807) is 13.0 Å². The van der Waals surface area contributed by atoms with Crippen LogP contribution in [0.15, 0.2) is 64.0 Å². The molecule has 0 radical (unpaired) electrons. The molecule has 0 unspecified atom stereocenters. The Labute approximate surface area is 246 Å². The molecule has 0 bridgehead atoms. The minimum absolute atomic E-state index is 0.00263. The van der Waals surface area contributed by atoms with Gasteiger partial charge in [0.2, 0.25) is 11.9 Å². The largest absolute Gasteiger partial charge is 0.417 e. The Bertz CT molecular complexity index is 1480. The van der Waals surface area contributed by atoms with Crippen molar-refractivity contribution < 1.29 is 22.8 Å². The maximum absolute atomic E-state index is 13.7. The van der Waals surface area contributed by atoms with Crippen molar-refractivity contribution in [2.24, 2.45) is 21.6 Å². The van der Waals surface area contributed by atoms with Crippen LogP contribution in [0, 0.1) is 6.92 Å². The zero-order valence-corrected chi connectivity index (χ0v) is 24.2. The van der Waals surface area contributed by atoms with Crippen LogP contribution in [0.5, 0.6) is 0 Å². The molecule has 1 aliphatic rings. The van der Waals surface area contributed by atoms with Crippen molar-refractivity contribution in [3.05, 3.63) is 81.3 Å². The highest BCUT2D eigenvalue weighted by molar-refractivity contribution is 6.32. The summed E-state index contributed by atoms with van der Waals surface area (Å²) in [6, 6.07) is 6.88. The van der Waals surface area contributed by atoms with Crippen LogP contribution in [0.2, 0.25) is 5.02 Å². The summed E-state index contributed by atoms with van der Waals surface area (Å²) < 4.78 is 41.1. The first kappa shape index (κ1) is 32.3. The molecular formula is C28H32ClF3N8O2. The molecule has 42 heavy (non-hydrogen) atoms. The van der Waals surface area contributed by atoms with Crippen LogP contribution >= 0.6 is 11.6 Å². The summed E-state index contributed by atoms with van der Waals surface area (Å²) in [7, 11) is 0. The Morgan fingerprint density at radius 2 is 1.90 bits per heavy atom. The number of hydrazine groups is 1. The maximum atomic E-state index is 13.7. The number of aryl methyl sites for hydroxylation is 1. The molecule has 0 fully saturated rings. The van der Waals surface area contributed by atoms with E-state index in [9.17, 15) is 22.8 Å². The summed E-state index contributed by atoms with van der Waals surface area (Å²) >= 11 is 6.07. The van der Waals surface area contributed by atoms with Crippen LogP contribution in [0.1, 0.15) is 54.2 Å². The number of benzene rings is 2. The second-order valence-corrected chi connectivity index (χ2v) is 10.2. The molecule has 10 nitrogen and oxygen atoms in total. The monoisotopic (exact) mass is 604 g/mol. The molecule has 0 saturated heterocycles. The van der Waals surface area contributed by atoms with Crippen molar-refractivity contribution in [3.63, 3.8) is 0 Å². The molecule has 2 amide bonds. The van der Waals surface area contributed by atoms with Crippen LogP contribution in [0.25, 0.3) is 0 Å². The van der Waals surface area contributed by atoms with Crippen LogP contribution in [0.4, 0.5) is 24.5 Å². The van der Waals surface area contributed by atoms with E-state index in [2.05, 4.69) is 25.9 Å². The number of allylic oxidation sites excluding steroid dienone is 1. The fourth-order valence-electron chi connectivity index (χ4n) is 3.81. The lowest BCUT2D eigenvalue weighted by atomic mass is 10.1. The van der Waals surface area contributed by atoms with E-state index in [-0.39, 0.29) is 47.0 Å². The molecule has 14 heteroatoms. The lowest BCUT2D eigenvalue weighted by molar-refractivity contribution is -0.137. The van der Waals surface area contributed by atoms with Crippen LogP contribution in [0.3, 0.4) is 0 Å². The van der Waals surface area contributed by atoms with Crippen LogP contribution in [-0.2, 0) is 17.5 Å². The third kappa shape index (κ3) is 8.65. The average Bonchev–Trinajstić information content (AvgIpc) is 3.13. The molecule has 7 N–H and O–H groups in total. The second kappa shape index (κ2) is 13.6. The maximum Gasteiger partial charge on any atom is 0.417 e. The van der Waals surface area contributed by atoms with E-state index < -0.39 is 22.7 Å². The lowest BCUT2D eigenvalue weighted by Gasteiger charge is -2.20. The van der Waals surface area contributed by atoms with Gasteiger partial charge < -0.3 is 16.4 Å². The van der Waals surface area contributed by atoms with E-state index in [1.807, 2.05) is 13.8 Å². The van der Waals surface area contributed by atoms with Crippen LogP contribution < -0.4 is 32.5 Å². The minimum Gasteiger partial charge on any atom is -0.397 e. The summed E-state index contributed by atoms with van der Waals surface area (Å²) in [5.41, 5.74) is 7.43. The van der Waals surface area contributed by atoms with E-state index in [0.717, 1.165) is 6.07 Å². The number of alkyl halides is 3. The fraction of sp³-hybridized carbons (Fsp3) is 0.286. The van der Waals surface area contributed by atoms with Crippen molar-refractivity contribution in [2.45, 2.75) is 52.9 Å². The number of hydrogen-bond acceptors (Lipinski definition) is 8. The first-order valence-corrected chi connectivity index (χ1v) is 13.2. The normalized spacial score (nSPS) is 13.8. The quantitative estimate of drug-likeness (QED) is 0.217. The van der Waals surface area contributed by atoms with Crippen molar-refractivity contribution in [2.75, 3.05) is 10.3 Å². The first-order valence-electron chi connectivity index (χ1n) is 12.8. The Morgan fingerprint density at radius 1 is 1.19 bits per heavy atom. The number of nitrogens with zero attached hydrogens (tertiary/aromatic N) is 3. The highest BCUT2D eigenvalue weighted by atomic mass is 35.5. The smallest absolute Gasteiger partial charge is 0.397 e. The molecular weight excluding hydrogens is 573 g/mol. The topological polar surface area (TPSA) is 150 Å². The lowest BCUT2D eigenvalue weighted by Crippen LogP contribution is -2.27. The highest BCUT2D eigenvalue weighted by Gasteiger charge is 2.35. The SMILES string of the molecule is CC(=O)NC1=NC=C(/C(N)=C/N(N)c2cc(C(=O)Nc3cc(CNC(C)C)c(Cl)c(C(F)(F)F)c3)ccc2C)CC=N1. The molecule has 1 aliphatic heterocycles. The van der Waals surface area contributed by atoms with Gasteiger partial charge in [0.05, 0.1) is 22.0 Å². The predicted octanol–water partition coefficient (Wildman–Crippen LogP) is 4.75. The van der Waals surface area contributed by atoms with Gasteiger partial charge >= 0.3 is 6.18 Å². The Hall–Kier alpha value is -4.20. The van der Waals surface area contributed by atoms with Crippen molar-refractivity contribution in [3.8, 4) is 0 Å². The Morgan fingerprint density at radius 3 is 2.55 bits per heavy atom. The summed E-state index contributed by atoms with van der Waals surface area (Å²) in [5.74, 6) is 5.41. The van der Waals surface area contributed by atoms with Gasteiger partial charge in [0.15, 0.2) is 0 Å². The van der Waals surface area contributed by atoms with Crippen molar-refractivity contribution >= 4 is 47.0 Å². The predicted molar refractivity (Wildman–Crippen MR) is 159 cm³/mol. The first-order chi connectivity index (χ1) is 19.6. The Kier molecular flexibility index (Phi) is 10.5. The number of aliphatic imine (C=N–C) groups is 2. The number of rotatable bonds is 8. The molecule has 2 aromatic carbocycles. The van der Waals surface area contributed by atoms with Gasteiger partial charge in [0.25, 0.3) is 5.91 Å². The van der Waals surface area contributed by atoms with Crippen LogP contribution in [-0.4, -0.2) is 30.0 Å². The molecule has 0 spiro atoms. The zero-order valence-electron chi connectivity index (χ0n) is 23.4. The number of nitrogens with two attached hydrogens (primary N) is 2. The molecule has 0 aliphatic carbocycles. The number of nitrogens with one attached hydrogen (secondary N) is 3. The summed E-state index contributed by atoms with van der Waals surface area (Å²) in [5, 5.41) is 8.85.